The van der Waals surface area contributed by atoms with Gasteiger partial charge < -0.3 is 4.57 Å². The lowest BCUT2D eigenvalue weighted by Crippen LogP contribution is -2.41. The van der Waals surface area contributed by atoms with Crippen molar-refractivity contribution >= 4 is 28.7 Å². The van der Waals surface area contributed by atoms with E-state index >= 15 is 0 Å². The number of carbonyl (C=O) groups excluding carboxylic acids is 3. The van der Waals surface area contributed by atoms with Gasteiger partial charge in [-0.2, -0.15) is 0 Å². The zero-order chi connectivity index (χ0) is 14.2. The molecule has 0 aromatic carbocycles. The summed E-state index contributed by atoms with van der Waals surface area (Å²) < 4.78 is 1.92. The molecule has 1 aliphatic rings. The SMILES string of the molecule is Cc1cc(C(=O)CN2C(=O)CCSC2=O)c(C)n1C. The van der Waals surface area contributed by atoms with Crippen molar-refractivity contribution in [2.45, 2.75) is 20.3 Å². The number of nitrogens with zero attached hydrogens (tertiary/aromatic N) is 2. The quantitative estimate of drug-likeness (QED) is 0.794. The van der Waals surface area contributed by atoms with Crippen molar-refractivity contribution in [1.29, 1.82) is 0 Å². The molecule has 6 heteroatoms. The van der Waals surface area contributed by atoms with Crippen molar-refractivity contribution < 1.29 is 14.4 Å². The number of hydrogen-bond donors (Lipinski definition) is 0. The Morgan fingerprint density at radius 2 is 2.05 bits per heavy atom. The molecule has 19 heavy (non-hydrogen) atoms. The van der Waals surface area contributed by atoms with Crippen LogP contribution in [-0.4, -0.2) is 38.7 Å². The maximum Gasteiger partial charge on any atom is 0.288 e. The first-order chi connectivity index (χ1) is 8.91. The molecule has 1 aromatic rings. The van der Waals surface area contributed by atoms with E-state index < -0.39 is 0 Å². The first-order valence-corrected chi connectivity index (χ1v) is 7.03. The van der Waals surface area contributed by atoms with Gasteiger partial charge in [0.1, 0.15) is 0 Å². The molecule has 1 fully saturated rings. The van der Waals surface area contributed by atoms with E-state index in [-0.39, 0.29) is 23.5 Å². The average molecular weight is 280 g/mol. The van der Waals surface area contributed by atoms with E-state index in [1.807, 2.05) is 25.5 Å². The van der Waals surface area contributed by atoms with Crippen LogP contribution < -0.4 is 0 Å². The highest BCUT2D eigenvalue weighted by Gasteiger charge is 2.29. The highest BCUT2D eigenvalue weighted by molar-refractivity contribution is 8.13. The minimum Gasteiger partial charge on any atom is -0.351 e. The van der Waals surface area contributed by atoms with Crippen molar-refractivity contribution in [2.75, 3.05) is 12.3 Å². The molecule has 2 heterocycles. The van der Waals surface area contributed by atoms with Crippen LogP contribution >= 0.6 is 11.8 Å². The largest absolute Gasteiger partial charge is 0.351 e. The fourth-order valence-electron chi connectivity index (χ4n) is 2.06. The smallest absolute Gasteiger partial charge is 0.288 e. The minimum atomic E-state index is -0.324. The molecule has 102 valence electrons. The fraction of sp³-hybridized carbons (Fsp3) is 0.462. The molecule has 1 saturated heterocycles. The molecule has 0 spiro atoms. The number of rotatable bonds is 3. The molecule has 2 amide bonds. The maximum atomic E-state index is 12.2. The van der Waals surface area contributed by atoms with Crippen LogP contribution in [-0.2, 0) is 11.8 Å². The van der Waals surface area contributed by atoms with Crippen LogP contribution in [0.2, 0.25) is 0 Å². The summed E-state index contributed by atoms with van der Waals surface area (Å²) >= 11 is 1.09. The van der Waals surface area contributed by atoms with E-state index in [1.165, 1.54) is 0 Å². The third kappa shape index (κ3) is 2.58. The highest BCUT2D eigenvalue weighted by atomic mass is 32.2. The predicted molar refractivity (Wildman–Crippen MR) is 73.4 cm³/mol. The Hall–Kier alpha value is -1.56. The topological polar surface area (TPSA) is 59.4 Å². The molecule has 0 unspecified atom stereocenters. The first-order valence-electron chi connectivity index (χ1n) is 6.05. The third-order valence-electron chi connectivity index (χ3n) is 3.44. The lowest BCUT2D eigenvalue weighted by molar-refractivity contribution is -0.127. The molecule has 0 saturated carbocycles. The Bertz CT molecular complexity index is 546. The second kappa shape index (κ2) is 5.21. The Morgan fingerprint density at radius 3 is 2.58 bits per heavy atom. The van der Waals surface area contributed by atoms with Crippen LogP contribution in [0.1, 0.15) is 28.2 Å². The van der Waals surface area contributed by atoms with Gasteiger partial charge in [0.15, 0.2) is 5.78 Å². The van der Waals surface area contributed by atoms with Crippen molar-refractivity contribution in [1.82, 2.24) is 9.47 Å². The number of hydrogen-bond acceptors (Lipinski definition) is 4. The number of imide groups is 1. The van der Waals surface area contributed by atoms with Gasteiger partial charge in [0, 0.05) is 36.2 Å². The van der Waals surface area contributed by atoms with Crippen LogP contribution in [0.5, 0.6) is 0 Å². The van der Waals surface area contributed by atoms with Gasteiger partial charge >= 0.3 is 0 Å². The van der Waals surface area contributed by atoms with Crippen LogP contribution in [0.3, 0.4) is 0 Å². The van der Waals surface area contributed by atoms with Crippen LogP contribution in [0, 0.1) is 13.8 Å². The zero-order valence-corrected chi connectivity index (χ0v) is 12.0. The number of Topliss-reactive ketones (excluding diaryl/α,β-unsaturated/α-hetero) is 1. The number of ketones is 1. The summed E-state index contributed by atoms with van der Waals surface area (Å²) in [5.41, 5.74) is 2.41. The Morgan fingerprint density at radius 1 is 1.37 bits per heavy atom. The van der Waals surface area contributed by atoms with Gasteiger partial charge in [-0.1, -0.05) is 11.8 Å². The van der Waals surface area contributed by atoms with E-state index in [0.29, 0.717) is 17.7 Å². The van der Waals surface area contributed by atoms with E-state index in [2.05, 4.69) is 0 Å². The van der Waals surface area contributed by atoms with Crippen LogP contribution in [0.15, 0.2) is 6.07 Å². The Balaban J connectivity index is 2.18. The van der Waals surface area contributed by atoms with Gasteiger partial charge in [-0.25, -0.2) is 0 Å². The summed E-state index contributed by atoms with van der Waals surface area (Å²) in [5.74, 6) is 0.0547. The number of amides is 2. The molecule has 2 rings (SSSR count). The molecule has 1 aromatic heterocycles. The lowest BCUT2D eigenvalue weighted by atomic mass is 10.1. The van der Waals surface area contributed by atoms with Crippen LogP contribution in [0.25, 0.3) is 0 Å². The molecular weight excluding hydrogens is 264 g/mol. The second-order valence-electron chi connectivity index (χ2n) is 4.61. The first kappa shape index (κ1) is 13.9. The van der Waals surface area contributed by atoms with E-state index in [9.17, 15) is 14.4 Å². The van der Waals surface area contributed by atoms with Crippen molar-refractivity contribution in [2.24, 2.45) is 7.05 Å². The Kier molecular flexibility index (Phi) is 3.80. The van der Waals surface area contributed by atoms with Gasteiger partial charge in [-0.05, 0) is 19.9 Å². The summed E-state index contributed by atoms with van der Waals surface area (Å²) in [7, 11) is 1.88. The average Bonchev–Trinajstić information content (AvgIpc) is 2.62. The highest BCUT2D eigenvalue weighted by Crippen LogP contribution is 2.20. The van der Waals surface area contributed by atoms with Crippen molar-refractivity contribution in [3.8, 4) is 0 Å². The molecular formula is C13H16N2O3S. The normalized spacial score (nSPS) is 16.1. The number of thioether (sulfide) groups is 1. The third-order valence-corrected chi connectivity index (χ3v) is 4.32. The molecule has 5 nitrogen and oxygen atoms in total. The van der Waals surface area contributed by atoms with Gasteiger partial charge in [0.2, 0.25) is 5.91 Å². The van der Waals surface area contributed by atoms with Gasteiger partial charge in [-0.3, -0.25) is 19.3 Å². The van der Waals surface area contributed by atoms with E-state index in [4.69, 9.17) is 0 Å². The second-order valence-corrected chi connectivity index (χ2v) is 5.66. The summed E-state index contributed by atoms with van der Waals surface area (Å²) in [6.07, 6.45) is 0.316. The summed E-state index contributed by atoms with van der Waals surface area (Å²) in [6.45, 7) is 3.61. The number of aromatic nitrogens is 1. The fourth-order valence-corrected chi connectivity index (χ4v) is 2.83. The van der Waals surface area contributed by atoms with E-state index in [1.54, 1.807) is 6.07 Å². The van der Waals surface area contributed by atoms with Gasteiger partial charge in [0.25, 0.3) is 5.24 Å². The monoisotopic (exact) mass is 280 g/mol. The van der Waals surface area contributed by atoms with Crippen molar-refractivity contribution in [3.63, 3.8) is 0 Å². The standard InChI is InChI=1S/C13H16N2O3S/c1-8-6-10(9(2)14(8)3)11(16)7-15-12(17)4-5-19-13(15)18/h6H,4-5,7H2,1-3H3. The summed E-state index contributed by atoms with van der Waals surface area (Å²) in [5, 5.41) is -0.324. The minimum absolute atomic E-state index is 0.158. The molecule has 0 bridgehead atoms. The van der Waals surface area contributed by atoms with Gasteiger partial charge in [0.05, 0.1) is 6.54 Å². The predicted octanol–water partition coefficient (Wildman–Crippen LogP) is 1.91. The van der Waals surface area contributed by atoms with Crippen LogP contribution in [0.4, 0.5) is 4.79 Å². The molecule has 0 radical (unpaired) electrons. The Labute approximate surface area is 115 Å². The molecule has 1 aliphatic heterocycles. The number of carbonyl (C=O) groups is 3. The summed E-state index contributed by atoms with van der Waals surface area (Å²) in [4.78, 5) is 36.6. The van der Waals surface area contributed by atoms with Crippen molar-refractivity contribution in [3.05, 3.63) is 23.0 Å². The lowest BCUT2D eigenvalue weighted by Gasteiger charge is -2.23. The van der Waals surface area contributed by atoms with Gasteiger partial charge in [-0.15, -0.1) is 0 Å². The number of aryl methyl sites for hydroxylation is 1. The molecule has 0 atom stereocenters. The molecule has 0 aliphatic carbocycles. The zero-order valence-electron chi connectivity index (χ0n) is 11.2. The molecule has 0 N–H and O–H groups in total. The summed E-state index contributed by atoms with van der Waals surface area (Å²) in [6, 6.07) is 1.80. The maximum absolute atomic E-state index is 12.2. The van der Waals surface area contributed by atoms with E-state index in [0.717, 1.165) is 28.0 Å².